The summed E-state index contributed by atoms with van der Waals surface area (Å²) in [6.07, 6.45) is 3.04. The molecule has 96 valence electrons. The van der Waals surface area contributed by atoms with E-state index in [-0.39, 0.29) is 23.8 Å². The molecule has 0 saturated heterocycles. The van der Waals surface area contributed by atoms with Gasteiger partial charge >= 0.3 is 0 Å². The Hall–Kier alpha value is -1.34. The summed E-state index contributed by atoms with van der Waals surface area (Å²) >= 11 is 1.73. The van der Waals surface area contributed by atoms with E-state index >= 15 is 0 Å². The van der Waals surface area contributed by atoms with E-state index in [0.717, 1.165) is 19.3 Å². The first-order valence-corrected chi connectivity index (χ1v) is 7.27. The fourth-order valence-electron chi connectivity index (χ4n) is 2.36. The van der Waals surface area contributed by atoms with Gasteiger partial charge in [-0.05, 0) is 42.2 Å². The largest absolute Gasteiger partial charge is 0.340 e. The van der Waals surface area contributed by atoms with Gasteiger partial charge in [0.05, 0.1) is 12.0 Å². The summed E-state index contributed by atoms with van der Waals surface area (Å²) in [7, 11) is 0. The molecule has 0 aromatic carbocycles. The van der Waals surface area contributed by atoms with Crippen molar-refractivity contribution < 1.29 is 4.79 Å². The summed E-state index contributed by atoms with van der Waals surface area (Å²) in [5.74, 6) is 0.0914. The third-order valence-electron chi connectivity index (χ3n) is 3.47. The molecule has 2 rings (SSSR count). The number of hydrogen-bond donors (Lipinski definition) is 1. The van der Waals surface area contributed by atoms with E-state index in [1.807, 2.05) is 13.8 Å². The molecule has 1 amide bonds. The van der Waals surface area contributed by atoms with Crippen LogP contribution in [0.15, 0.2) is 11.4 Å². The van der Waals surface area contributed by atoms with Gasteiger partial charge in [-0.15, -0.1) is 11.3 Å². The van der Waals surface area contributed by atoms with Crippen molar-refractivity contribution in [2.45, 2.75) is 45.1 Å². The molecule has 2 atom stereocenters. The van der Waals surface area contributed by atoms with Crippen molar-refractivity contribution in [1.29, 1.82) is 5.26 Å². The second-order valence-corrected chi connectivity index (χ2v) is 6.10. The van der Waals surface area contributed by atoms with Crippen LogP contribution >= 0.6 is 11.3 Å². The monoisotopic (exact) mass is 262 g/mol. The Bertz CT molecular complexity index is 472. The highest BCUT2D eigenvalue weighted by molar-refractivity contribution is 7.10. The van der Waals surface area contributed by atoms with Crippen LogP contribution in [-0.4, -0.2) is 11.9 Å². The Morgan fingerprint density at radius 1 is 1.61 bits per heavy atom. The fraction of sp³-hybridized carbons (Fsp3) is 0.571. The molecular formula is C14H18N2OS. The van der Waals surface area contributed by atoms with E-state index in [9.17, 15) is 4.79 Å². The van der Waals surface area contributed by atoms with Gasteiger partial charge in [0, 0.05) is 4.88 Å². The first-order chi connectivity index (χ1) is 8.63. The Balaban J connectivity index is 2.10. The molecule has 1 aliphatic carbocycles. The van der Waals surface area contributed by atoms with Crippen LogP contribution in [0.4, 0.5) is 0 Å². The van der Waals surface area contributed by atoms with Gasteiger partial charge in [-0.3, -0.25) is 4.79 Å². The minimum absolute atomic E-state index is 0.00889. The van der Waals surface area contributed by atoms with Crippen molar-refractivity contribution in [3.63, 3.8) is 0 Å². The Kier molecular flexibility index (Phi) is 4.03. The topological polar surface area (TPSA) is 52.9 Å². The van der Waals surface area contributed by atoms with Crippen LogP contribution in [-0.2, 0) is 11.2 Å². The predicted molar refractivity (Wildman–Crippen MR) is 72.4 cm³/mol. The maximum Gasteiger partial charge on any atom is 0.228 e. The van der Waals surface area contributed by atoms with Crippen LogP contribution in [0.1, 0.15) is 43.0 Å². The van der Waals surface area contributed by atoms with Gasteiger partial charge in [0.1, 0.15) is 6.04 Å². The molecule has 2 unspecified atom stereocenters. The molecule has 4 heteroatoms. The number of nitriles is 1. The van der Waals surface area contributed by atoms with E-state index in [2.05, 4.69) is 22.8 Å². The molecule has 1 aromatic heterocycles. The van der Waals surface area contributed by atoms with Crippen LogP contribution in [0, 0.1) is 17.2 Å². The zero-order valence-corrected chi connectivity index (χ0v) is 11.6. The molecule has 1 N–H and O–H groups in total. The molecule has 0 bridgehead atoms. The van der Waals surface area contributed by atoms with Crippen molar-refractivity contribution in [3.8, 4) is 6.07 Å². The number of nitrogens with one attached hydrogen (secondary N) is 1. The summed E-state index contributed by atoms with van der Waals surface area (Å²) in [4.78, 5) is 13.6. The van der Waals surface area contributed by atoms with E-state index < -0.39 is 0 Å². The van der Waals surface area contributed by atoms with Gasteiger partial charge in [0.2, 0.25) is 5.91 Å². The van der Waals surface area contributed by atoms with E-state index in [1.165, 1.54) is 10.4 Å². The number of aryl methyl sites for hydroxylation is 1. The quantitative estimate of drug-likeness (QED) is 0.910. The third-order valence-corrected chi connectivity index (χ3v) is 4.47. The minimum atomic E-state index is -0.387. The second kappa shape index (κ2) is 5.53. The van der Waals surface area contributed by atoms with Gasteiger partial charge in [-0.25, -0.2) is 0 Å². The minimum Gasteiger partial charge on any atom is -0.340 e. The van der Waals surface area contributed by atoms with Gasteiger partial charge in [-0.2, -0.15) is 5.26 Å². The number of carbonyl (C=O) groups excluding carboxylic acids is 1. The lowest BCUT2D eigenvalue weighted by Crippen LogP contribution is -2.40. The normalized spacial score (nSPS) is 20.0. The number of carbonyl (C=O) groups is 1. The fourth-order valence-corrected chi connectivity index (χ4v) is 3.35. The van der Waals surface area contributed by atoms with Crippen LogP contribution < -0.4 is 5.32 Å². The number of hydrogen-bond acceptors (Lipinski definition) is 3. The Morgan fingerprint density at radius 3 is 3.06 bits per heavy atom. The molecular weight excluding hydrogens is 244 g/mol. The summed E-state index contributed by atoms with van der Waals surface area (Å²) < 4.78 is 0. The summed E-state index contributed by atoms with van der Waals surface area (Å²) in [6.45, 7) is 3.90. The molecule has 18 heavy (non-hydrogen) atoms. The van der Waals surface area contributed by atoms with Crippen LogP contribution in [0.25, 0.3) is 0 Å². The van der Waals surface area contributed by atoms with Gasteiger partial charge in [0.25, 0.3) is 0 Å². The molecule has 1 aliphatic rings. The average Bonchev–Trinajstić information content (AvgIpc) is 2.82. The first-order valence-electron chi connectivity index (χ1n) is 6.39. The SMILES string of the molecule is CC(C)C(C#N)NC(=O)C1CCCc2sccc21. The predicted octanol–water partition coefficient (Wildman–Crippen LogP) is 2.83. The average molecular weight is 262 g/mol. The van der Waals surface area contributed by atoms with Crippen molar-refractivity contribution in [2.75, 3.05) is 0 Å². The summed E-state index contributed by atoms with van der Waals surface area (Å²) in [5, 5.41) is 14.0. The van der Waals surface area contributed by atoms with Gasteiger partial charge < -0.3 is 5.32 Å². The van der Waals surface area contributed by atoms with Gasteiger partial charge in [-0.1, -0.05) is 13.8 Å². The van der Waals surface area contributed by atoms with E-state index in [4.69, 9.17) is 5.26 Å². The summed E-state index contributed by atoms with van der Waals surface area (Å²) in [6, 6.07) is 3.83. The first kappa shape index (κ1) is 13.1. The van der Waals surface area contributed by atoms with Crippen molar-refractivity contribution in [2.24, 2.45) is 5.92 Å². The highest BCUT2D eigenvalue weighted by Gasteiger charge is 2.29. The third kappa shape index (κ3) is 2.56. The molecule has 0 fully saturated rings. The van der Waals surface area contributed by atoms with Crippen molar-refractivity contribution in [3.05, 3.63) is 21.9 Å². The van der Waals surface area contributed by atoms with Crippen LogP contribution in [0.2, 0.25) is 0 Å². The van der Waals surface area contributed by atoms with Crippen LogP contribution in [0.5, 0.6) is 0 Å². The zero-order chi connectivity index (χ0) is 13.1. The Labute approximate surface area is 112 Å². The smallest absolute Gasteiger partial charge is 0.228 e. The lowest BCUT2D eigenvalue weighted by atomic mass is 9.87. The molecule has 0 radical (unpaired) electrons. The number of fused-ring (bicyclic) bond motifs is 1. The van der Waals surface area contributed by atoms with Gasteiger partial charge in [0.15, 0.2) is 0 Å². The van der Waals surface area contributed by atoms with Crippen molar-refractivity contribution >= 4 is 17.2 Å². The van der Waals surface area contributed by atoms with Crippen molar-refractivity contribution in [1.82, 2.24) is 5.32 Å². The number of amides is 1. The molecule has 0 saturated carbocycles. The van der Waals surface area contributed by atoms with Crippen LogP contribution in [0.3, 0.4) is 0 Å². The van der Waals surface area contributed by atoms with E-state index in [0.29, 0.717) is 0 Å². The highest BCUT2D eigenvalue weighted by Crippen LogP contribution is 2.35. The number of nitrogens with zero attached hydrogens (tertiary/aromatic N) is 1. The lowest BCUT2D eigenvalue weighted by Gasteiger charge is -2.24. The molecule has 1 aromatic rings. The maximum absolute atomic E-state index is 12.3. The highest BCUT2D eigenvalue weighted by atomic mass is 32.1. The molecule has 0 spiro atoms. The second-order valence-electron chi connectivity index (χ2n) is 5.10. The molecule has 0 aliphatic heterocycles. The molecule has 3 nitrogen and oxygen atoms in total. The Morgan fingerprint density at radius 2 is 2.39 bits per heavy atom. The molecule has 1 heterocycles. The summed E-state index contributed by atoms with van der Waals surface area (Å²) in [5.41, 5.74) is 1.17. The standard InChI is InChI=1S/C14H18N2OS/c1-9(2)12(8-15)16-14(17)11-4-3-5-13-10(11)6-7-18-13/h6-7,9,11-12H,3-5H2,1-2H3,(H,16,17). The number of rotatable bonds is 3. The van der Waals surface area contributed by atoms with E-state index in [1.54, 1.807) is 11.3 Å². The number of thiophene rings is 1. The zero-order valence-electron chi connectivity index (χ0n) is 10.8. The lowest BCUT2D eigenvalue weighted by molar-refractivity contribution is -0.123. The maximum atomic E-state index is 12.3.